The maximum Gasteiger partial charge on any atom is 0.269 e. The zero-order valence-corrected chi connectivity index (χ0v) is 14.3. The van der Waals surface area contributed by atoms with Gasteiger partial charge >= 0.3 is 0 Å². The highest BCUT2D eigenvalue weighted by atomic mass is 79.9. The van der Waals surface area contributed by atoms with Crippen molar-refractivity contribution in [3.05, 3.63) is 67.7 Å². The van der Waals surface area contributed by atoms with Gasteiger partial charge in [-0.05, 0) is 58.2 Å². The van der Waals surface area contributed by atoms with E-state index in [4.69, 9.17) is 0 Å². The molecule has 2 aromatic carbocycles. The zero-order valence-electron chi connectivity index (χ0n) is 12.7. The number of nitrogens with zero attached hydrogens (tertiary/aromatic N) is 2. The van der Waals surface area contributed by atoms with Crippen molar-refractivity contribution in [2.75, 3.05) is 20.1 Å². The van der Waals surface area contributed by atoms with E-state index < -0.39 is 0 Å². The second kappa shape index (κ2) is 6.29. The van der Waals surface area contributed by atoms with Crippen LogP contribution in [0.15, 0.2) is 40.9 Å². The van der Waals surface area contributed by atoms with E-state index in [2.05, 4.69) is 27.9 Å². The van der Waals surface area contributed by atoms with Crippen LogP contribution >= 0.6 is 15.9 Å². The van der Waals surface area contributed by atoms with Crippen LogP contribution < -0.4 is 0 Å². The highest BCUT2D eigenvalue weighted by molar-refractivity contribution is 9.10. The summed E-state index contributed by atoms with van der Waals surface area (Å²) in [5.41, 5.74) is 3.40. The maximum atomic E-state index is 10.8. The lowest BCUT2D eigenvalue weighted by molar-refractivity contribution is -0.384. The van der Waals surface area contributed by atoms with Crippen LogP contribution in [0.4, 0.5) is 5.69 Å². The zero-order chi connectivity index (χ0) is 16.6. The molecule has 1 heterocycles. The van der Waals surface area contributed by atoms with Gasteiger partial charge in [0.15, 0.2) is 0 Å². The Morgan fingerprint density at radius 1 is 1.30 bits per heavy atom. The first-order valence-electron chi connectivity index (χ1n) is 7.40. The Kier molecular flexibility index (Phi) is 4.37. The molecule has 1 atom stereocenters. The Morgan fingerprint density at radius 2 is 2.00 bits per heavy atom. The van der Waals surface area contributed by atoms with E-state index in [1.54, 1.807) is 12.1 Å². The Labute approximate surface area is 142 Å². The fourth-order valence-corrected chi connectivity index (χ4v) is 3.48. The molecule has 0 fully saturated rings. The highest BCUT2D eigenvalue weighted by Crippen LogP contribution is 2.37. The van der Waals surface area contributed by atoms with Crippen molar-refractivity contribution in [3.63, 3.8) is 0 Å². The lowest BCUT2D eigenvalue weighted by Crippen LogP contribution is -2.24. The minimum absolute atomic E-state index is 0.0808. The number of nitro groups is 1. The number of hydrogen-bond acceptors (Lipinski definition) is 4. The molecule has 1 aliphatic heterocycles. The summed E-state index contributed by atoms with van der Waals surface area (Å²) in [6.45, 7) is 1.75. The SMILES string of the molecule is CN1CCc2cc(Br)c(O)cc2C(c2ccc([N+](=O)[O-])cc2)C1. The fraction of sp³-hybridized carbons (Fsp3) is 0.294. The van der Waals surface area contributed by atoms with Gasteiger partial charge in [0, 0.05) is 31.1 Å². The third-order valence-corrected chi connectivity index (χ3v) is 4.98. The second-order valence-electron chi connectivity index (χ2n) is 5.92. The van der Waals surface area contributed by atoms with Gasteiger partial charge in [0.25, 0.3) is 5.69 Å². The molecule has 6 heteroatoms. The lowest BCUT2D eigenvalue weighted by atomic mass is 9.88. The summed E-state index contributed by atoms with van der Waals surface area (Å²) in [6.07, 6.45) is 0.911. The molecule has 0 saturated carbocycles. The number of non-ortho nitro benzene ring substituents is 1. The molecule has 3 rings (SSSR count). The molecule has 1 unspecified atom stereocenters. The summed E-state index contributed by atoms with van der Waals surface area (Å²) in [4.78, 5) is 12.7. The van der Waals surface area contributed by atoms with E-state index in [-0.39, 0.29) is 22.3 Å². The summed E-state index contributed by atoms with van der Waals surface area (Å²) in [5.74, 6) is 0.303. The summed E-state index contributed by atoms with van der Waals surface area (Å²) in [7, 11) is 2.07. The Hall–Kier alpha value is -1.92. The lowest BCUT2D eigenvalue weighted by Gasteiger charge is -2.22. The van der Waals surface area contributed by atoms with Crippen LogP contribution in [0.2, 0.25) is 0 Å². The molecule has 0 saturated heterocycles. The summed E-state index contributed by atoms with van der Waals surface area (Å²) in [5, 5.41) is 20.9. The van der Waals surface area contributed by atoms with Crippen LogP contribution in [-0.4, -0.2) is 35.1 Å². The molecule has 0 spiro atoms. The van der Waals surface area contributed by atoms with E-state index in [9.17, 15) is 15.2 Å². The number of phenols is 1. The van der Waals surface area contributed by atoms with Crippen molar-refractivity contribution >= 4 is 21.6 Å². The quantitative estimate of drug-likeness (QED) is 0.641. The van der Waals surface area contributed by atoms with E-state index in [0.717, 1.165) is 30.6 Å². The number of halogens is 1. The molecule has 120 valence electrons. The Bertz CT molecular complexity index is 746. The third-order valence-electron chi connectivity index (χ3n) is 4.35. The Morgan fingerprint density at radius 3 is 2.65 bits per heavy atom. The van der Waals surface area contributed by atoms with Crippen LogP contribution in [0.3, 0.4) is 0 Å². The molecule has 1 N–H and O–H groups in total. The molecule has 23 heavy (non-hydrogen) atoms. The average molecular weight is 377 g/mol. The second-order valence-corrected chi connectivity index (χ2v) is 6.77. The summed E-state index contributed by atoms with van der Waals surface area (Å²) < 4.78 is 0.697. The van der Waals surface area contributed by atoms with Gasteiger partial charge < -0.3 is 10.0 Å². The van der Waals surface area contributed by atoms with Crippen LogP contribution in [0.5, 0.6) is 5.75 Å². The topological polar surface area (TPSA) is 66.6 Å². The maximum absolute atomic E-state index is 10.8. The molecule has 0 aromatic heterocycles. The van der Waals surface area contributed by atoms with Gasteiger partial charge in [-0.1, -0.05) is 12.1 Å². The van der Waals surface area contributed by atoms with E-state index in [1.165, 1.54) is 5.56 Å². The number of hydrogen-bond donors (Lipinski definition) is 1. The van der Waals surface area contributed by atoms with Crippen molar-refractivity contribution in [2.45, 2.75) is 12.3 Å². The summed E-state index contributed by atoms with van der Waals surface area (Å²) >= 11 is 3.38. The number of likely N-dealkylation sites (N-methyl/N-ethyl adjacent to an activating group) is 1. The molecular weight excluding hydrogens is 360 g/mol. The van der Waals surface area contributed by atoms with Gasteiger partial charge in [0.1, 0.15) is 5.75 Å². The van der Waals surface area contributed by atoms with Crippen molar-refractivity contribution < 1.29 is 10.0 Å². The number of fused-ring (bicyclic) bond motifs is 1. The predicted octanol–water partition coefficient (Wildman–Crippen LogP) is 3.68. The molecule has 0 amide bonds. The highest BCUT2D eigenvalue weighted by Gasteiger charge is 2.24. The standard InChI is InChI=1S/C17H17BrN2O3/c1-19-7-6-12-8-16(18)17(21)9-14(12)15(10-19)11-2-4-13(5-3-11)20(22)23/h2-5,8-9,15,21H,6-7,10H2,1H3. The van der Waals surface area contributed by atoms with Gasteiger partial charge in [-0.25, -0.2) is 0 Å². The van der Waals surface area contributed by atoms with Gasteiger partial charge in [-0.15, -0.1) is 0 Å². The van der Waals surface area contributed by atoms with Gasteiger partial charge in [-0.3, -0.25) is 10.1 Å². The van der Waals surface area contributed by atoms with E-state index in [0.29, 0.717) is 4.47 Å². The first kappa shape index (κ1) is 16.0. The molecule has 0 aliphatic carbocycles. The van der Waals surface area contributed by atoms with Crippen LogP contribution in [0.25, 0.3) is 0 Å². The largest absolute Gasteiger partial charge is 0.507 e. The summed E-state index contributed by atoms with van der Waals surface area (Å²) in [6, 6.07) is 10.5. The minimum atomic E-state index is -0.389. The first-order valence-corrected chi connectivity index (χ1v) is 8.19. The van der Waals surface area contributed by atoms with Crippen molar-refractivity contribution in [3.8, 4) is 5.75 Å². The average Bonchev–Trinajstić information content (AvgIpc) is 2.68. The van der Waals surface area contributed by atoms with Crippen molar-refractivity contribution in [1.82, 2.24) is 4.90 Å². The molecule has 0 bridgehead atoms. The number of rotatable bonds is 2. The predicted molar refractivity (Wildman–Crippen MR) is 91.9 cm³/mol. The van der Waals surface area contributed by atoms with Crippen LogP contribution in [0.1, 0.15) is 22.6 Å². The number of phenolic OH excluding ortho intramolecular Hbond substituents is 1. The molecule has 2 aromatic rings. The molecular formula is C17H17BrN2O3. The third kappa shape index (κ3) is 3.23. The number of aromatic hydroxyl groups is 1. The van der Waals surface area contributed by atoms with E-state index in [1.807, 2.05) is 24.3 Å². The molecule has 1 aliphatic rings. The molecule has 0 radical (unpaired) electrons. The van der Waals surface area contributed by atoms with Gasteiger partial charge in [0.2, 0.25) is 0 Å². The minimum Gasteiger partial charge on any atom is -0.507 e. The Balaban J connectivity index is 2.06. The van der Waals surface area contributed by atoms with Crippen LogP contribution in [0, 0.1) is 10.1 Å². The van der Waals surface area contributed by atoms with Crippen molar-refractivity contribution in [1.29, 1.82) is 0 Å². The van der Waals surface area contributed by atoms with E-state index >= 15 is 0 Å². The number of benzene rings is 2. The smallest absolute Gasteiger partial charge is 0.269 e. The van der Waals surface area contributed by atoms with Crippen LogP contribution in [-0.2, 0) is 6.42 Å². The van der Waals surface area contributed by atoms with Gasteiger partial charge in [-0.2, -0.15) is 0 Å². The number of nitro benzene ring substituents is 1. The fourth-order valence-electron chi connectivity index (χ4n) is 3.09. The molecule has 5 nitrogen and oxygen atoms in total. The first-order chi connectivity index (χ1) is 11.0. The normalized spacial score (nSPS) is 18.3. The monoisotopic (exact) mass is 376 g/mol. The van der Waals surface area contributed by atoms with Crippen molar-refractivity contribution in [2.24, 2.45) is 0 Å². The van der Waals surface area contributed by atoms with Gasteiger partial charge in [0.05, 0.1) is 9.40 Å².